The van der Waals surface area contributed by atoms with Gasteiger partial charge in [-0.05, 0) is 25.1 Å². The van der Waals surface area contributed by atoms with Gasteiger partial charge in [-0.25, -0.2) is 0 Å². The van der Waals surface area contributed by atoms with E-state index in [9.17, 15) is 0 Å². The van der Waals surface area contributed by atoms with Crippen molar-refractivity contribution in [3.63, 3.8) is 0 Å². The third-order valence-electron chi connectivity index (χ3n) is 5.14. The van der Waals surface area contributed by atoms with Crippen molar-refractivity contribution in [3.8, 4) is 11.4 Å². The van der Waals surface area contributed by atoms with Gasteiger partial charge in [0.25, 0.3) is 0 Å². The summed E-state index contributed by atoms with van der Waals surface area (Å²) in [6, 6.07) is 22.5. The molecule has 0 radical (unpaired) electrons. The monoisotopic (exact) mass is 356 g/mol. The van der Waals surface area contributed by atoms with Crippen LogP contribution in [0.5, 0.6) is 0 Å². The van der Waals surface area contributed by atoms with Gasteiger partial charge in [-0.2, -0.15) is 4.98 Å². The number of para-hydroxylation sites is 1. The Morgan fingerprint density at radius 2 is 1.78 bits per heavy atom. The molecule has 4 aromatic rings. The first kappa shape index (κ1) is 16.1. The van der Waals surface area contributed by atoms with Crippen molar-refractivity contribution in [2.24, 2.45) is 0 Å². The van der Waals surface area contributed by atoms with Crippen molar-refractivity contribution in [1.82, 2.24) is 20.0 Å². The van der Waals surface area contributed by atoms with Crippen LogP contribution in [0.3, 0.4) is 0 Å². The summed E-state index contributed by atoms with van der Waals surface area (Å²) in [6.07, 6.45) is 1.03. The van der Waals surface area contributed by atoms with Crippen molar-refractivity contribution in [2.45, 2.75) is 18.9 Å². The highest BCUT2D eigenvalue weighted by Gasteiger charge is 2.28. The summed E-state index contributed by atoms with van der Waals surface area (Å²) in [4.78, 5) is 11.8. The Bertz CT molecular complexity index is 1060. The highest BCUT2D eigenvalue weighted by Crippen LogP contribution is 2.28. The highest BCUT2D eigenvalue weighted by molar-refractivity contribution is 5.78. The molecule has 3 heterocycles. The SMILES string of the molecule is c1ccc(-c2noc(C3CCN(Cc4ccc5ccccc5n4)C3)n2)cc1. The van der Waals surface area contributed by atoms with Crippen molar-refractivity contribution < 1.29 is 4.52 Å². The zero-order valence-corrected chi connectivity index (χ0v) is 15.0. The van der Waals surface area contributed by atoms with Crippen LogP contribution in [0.25, 0.3) is 22.3 Å². The number of aromatic nitrogens is 3. The number of hydrogen-bond donors (Lipinski definition) is 0. The van der Waals surface area contributed by atoms with E-state index in [0.717, 1.165) is 48.7 Å². The lowest BCUT2D eigenvalue weighted by molar-refractivity contribution is 0.306. The molecule has 1 aliphatic rings. The second-order valence-electron chi connectivity index (χ2n) is 7.04. The van der Waals surface area contributed by atoms with Gasteiger partial charge in [0.05, 0.1) is 17.1 Å². The van der Waals surface area contributed by atoms with Gasteiger partial charge in [0.1, 0.15) is 0 Å². The standard InChI is InChI=1S/C22H20N4O/c1-2-7-17(8-3-1)21-24-22(27-25-21)18-12-13-26(14-18)15-19-11-10-16-6-4-5-9-20(16)23-19/h1-11,18H,12-15H2. The second kappa shape index (κ2) is 6.93. The molecule has 0 bridgehead atoms. The first-order valence-corrected chi connectivity index (χ1v) is 9.31. The van der Waals surface area contributed by atoms with E-state index in [4.69, 9.17) is 9.51 Å². The summed E-state index contributed by atoms with van der Waals surface area (Å²) in [5.74, 6) is 1.69. The third-order valence-corrected chi connectivity index (χ3v) is 5.14. The minimum atomic E-state index is 0.287. The van der Waals surface area contributed by atoms with Crippen LogP contribution in [0.4, 0.5) is 0 Å². The predicted octanol–water partition coefficient (Wildman–Crippen LogP) is 4.27. The number of rotatable bonds is 4. The first-order chi connectivity index (χ1) is 13.3. The lowest BCUT2D eigenvalue weighted by Crippen LogP contribution is -2.20. The van der Waals surface area contributed by atoms with E-state index in [1.54, 1.807) is 0 Å². The largest absolute Gasteiger partial charge is 0.339 e. The molecule has 1 unspecified atom stereocenters. The van der Waals surface area contributed by atoms with Crippen LogP contribution in [0, 0.1) is 0 Å². The predicted molar refractivity (Wildman–Crippen MR) is 104 cm³/mol. The van der Waals surface area contributed by atoms with Gasteiger partial charge >= 0.3 is 0 Å². The molecule has 27 heavy (non-hydrogen) atoms. The molecule has 0 aliphatic carbocycles. The van der Waals surface area contributed by atoms with E-state index in [1.165, 1.54) is 5.39 Å². The maximum absolute atomic E-state index is 5.56. The molecular weight excluding hydrogens is 336 g/mol. The number of nitrogens with zero attached hydrogens (tertiary/aromatic N) is 4. The fourth-order valence-electron chi connectivity index (χ4n) is 3.71. The summed E-state index contributed by atoms with van der Waals surface area (Å²) >= 11 is 0. The molecular formula is C22H20N4O. The van der Waals surface area contributed by atoms with Crippen molar-refractivity contribution in [3.05, 3.63) is 78.3 Å². The second-order valence-corrected chi connectivity index (χ2v) is 7.04. The molecule has 1 atom stereocenters. The van der Waals surface area contributed by atoms with E-state index in [0.29, 0.717) is 5.82 Å². The maximum atomic E-state index is 5.56. The van der Waals surface area contributed by atoms with E-state index >= 15 is 0 Å². The van der Waals surface area contributed by atoms with Crippen LogP contribution in [-0.2, 0) is 6.54 Å². The average molecular weight is 356 g/mol. The van der Waals surface area contributed by atoms with Gasteiger partial charge < -0.3 is 4.52 Å². The van der Waals surface area contributed by atoms with Crippen LogP contribution < -0.4 is 0 Å². The molecule has 1 fully saturated rings. The van der Waals surface area contributed by atoms with E-state index < -0.39 is 0 Å². The smallest absolute Gasteiger partial charge is 0.231 e. The zero-order chi connectivity index (χ0) is 18.1. The molecule has 5 rings (SSSR count). The Morgan fingerprint density at radius 3 is 2.70 bits per heavy atom. The third kappa shape index (κ3) is 3.34. The highest BCUT2D eigenvalue weighted by atomic mass is 16.5. The Morgan fingerprint density at radius 1 is 0.926 bits per heavy atom. The molecule has 0 amide bonds. The number of benzene rings is 2. The van der Waals surface area contributed by atoms with Gasteiger partial charge in [-0.1, -0.05) is 59.8 Å². The minimum absolute atomic E-state index is 0.287. The molecule has 0 N–H and O–H groups in total. The molecule has 5 heteroatoms. The Kier molecular flexibility index (Phi) is 4.14. The molecule has 2 aromatic carbocycles. The molecule has 0 saturated carbocycles. The fourth-order valence-corrected chi connectivity index (χ4v) is 3.71. The summed E-state index contributed by atoms with van der Waals surface area (Å²) in [5, 5.41) is 5.34. The van der Waals surface area contributed by atoms with Gasteiger partial charge in [-0.15, -0.1) is 0 Å². The number of likely N-dealkylation sites (tertiary alicyclic amines) is 1. The molecule has 1 saturated heterocycles. The molecule has 1 aliphatic heterocycles. The lowest BCUT2D eigenvalue weighted by Gasteiger charge is -2.14. The number of fused-ring (bicyclic) bond motifs is 1. The maximum Gasteiger partial charge on any atom is 0.231 e. The van der Waals surface area contributed by atoms with Crippen LogP contribution >= 0.6 is 0 Å². The van der Waals surface area contributed by atoms with E-state index in [2.05, 4.69) is 39.3 Å². The average Bonchev–Trinajstić information content (AvgIpc) is 3.38. The van der Waals surface area contributed by atoms with Crippen molar-refractivity contribution in [1.29, 1.82) is 0 Å². The van der Waals surface area contributed by atoms with Crippen LogP contribution in [-0.4, -0.2) is 33.1 Å². The summed E-state index contributed by atoms with van der Waals surface area (Å²) in [7, 11) is 0. The fraction of sp³-hybridized carbons (Fsp3) is 0.227. The molecule has 0 spiro atoms. The summed E-state index contributed by atoms with van der Waals surface area (Å²) in [6.45, 7) is 2.79. The van der Waals surface area contributed by atoms with Crippen molar-refractivity contribution >= 4 is 10.9 Å². The van der Waals surface area contributed by atoms with E-state index in [1.807, 2.05) is 42.5 Å². The topological polar surface area (TPSA) is 55.1 Å². The summed E-state index contributed by atoms with van der Waals surface area (Å²) < 4.78 is 5.56. The molecule has 5 nitrogen and oxygen atoms in total. The zero-order valence-electron chi connectivity index (χ0n) is 15.0. The van der Waals surface area contributed by atoms with Gasteiger partial charge in [-0.3, -0.25) is 9.88 Å². The lowest BCUT2D eigenvalue weighted by atomic mass is 10.1. The Hall–Kier alpha value is -3.05. The van der Waals surface area contributed by atoms with Gasteiger partial charge in [0, 0.05) is 24.0 Å². The number of pyridine rings is 1. The number of hydrogen-bond acceptors (Lipinski definition) is 5. The first-order valence-electron chi connectivity index (χ1n) is 9.31. The van der Waals surface area contributed by atoms with Gasteiger partial charge in [0.15, 0.2) is 0 Å². The Labute approximate surface area is 157 Å². The Balaban J connectivity index is 1.28. The summed E-state index contributed by atoms with van der Waals surface area (Å²) in [5.41, 5.74) is 3.14. The van der Waals surface area contributed by atoms with Gasteiger partial charge in [0.2, 0.25) is 11.7 Å². The molecule has 134 valence electrons. The van der Waals surface area contributed by atoms with Crippen LogP contribution in [0.2, 0.25) is 0 Å². The van der Waals surface area contributed by atoms with E-state index in [-0.39, 0.29) is 5.92 Å². The minimum Gasteiger partial charge on any atom is -0.339 e. The normalized spacial score (nSPS) is 17.6. The van der Waals surface area contributed by atoms with Crippen molar-refractivity contribution in [2.75, 3.05) is 13.1 Å². The van der Waals surface area contributed by atoms with Crippen LogP contribution in [0.15, 0.2) is 71.3 Å². The molecule has 2 aromatic heterocycles. The quantitative estimate of drug-likeness (QED) is 0.546. The van der Waals surface area contributed by atoms with Crippen LogP contribution in [0.1, 0.15) is 23.9 Å².